The van der Waals surface area contributed by atoms with E-state index in [1.54, 1.807) is 25.1 Å². The maximum absolute atomic E-state index is 6.52. The maximum atomic E-state index is 6.52. The minimum absolute atomic E-state index is 0.208. The molecule has 6 aromatic rings. The first-order chi connectivity index (χ1) is 20.6. The number of para-hydroxylation sites is 2. The van der Waals surface area contributed by atoms with Crippen molar-refractivity contribution in [1.82, 2.24) is 29.4 Å². The number of aryl methyl sites for hydroxylation is 2. The van der Waals surface area contributed by atoms with Gasteiger partial charge in [-0.05, 0) is 55.3 Å². The van der Waals surface area contributed by atoms with Crippen molar-refractivity contribution >= 4 is 5.65 Å². The van der Waals surface area contributed by atoms with Gasteiger partial charge in [-0.3, -0.25) is 0 Å². The Bertz CT molecular complexity index is 1930. The van der Waals surface area contributed by atoms with E-state index in [0.29, 0.717) is 34.7 Å². The molecule has 3 aromatic carbocycles. The van der Waals surface area contributed by atoms with Crippen LogP contribution in [0, 0.1) is 13.8 Å². The summed E-state index contributed by atoms with van der Waals surface area (Å²) >= 11 is 0. The molecular weight excluding hydrogens is 532 g/mol. The molecule has 210 valence electrons. The lowest BCUT2D eigenvalue weighted by Crippen LogP contribution is -2.16. The van der Waals surface area contributed by atoms with Crippen LogP contribution in [0.4, 0.5) is 0 Å². The number of rotatable bonds is 7. The van der Waals surface area contributed by atoms with Crippen molar-refractivity contribution in [1.29, 1.82) is 0 Å². The first-order valence-electron chi connectivity index (χ1n) is 13.5. The van der Waals surface area contributed by atoms with E-state index in [9.17, 15) is 0 Å². The molecule has 10 heteroatoms. The highest BCUT2D eigenvalue weighted by Gasteiger charge is 2.38. The van der Waals surface area contributed by atoms with Crippen LogP contribution in [-0.2, 0) is 6.61 Å². The van der Waals surface area contributed by atoms with Gasteiger partial charge >= 0.3 is 0 Å². The Morgan fingerprint density at radius 2 is 1.62 bits per heavy atom. The number of hydrogen-bond acceptors (Lipinski definition) is 8. The second-order valence-corrected chi connectivity index (χ2v) is 10.0. The molecule has 0 saturated carbocycles. The van der Waals surface area contributed by atoms with Crippen LogP contribution in [0.1, 0.15) is 39.7 Å². The molecule has 42 heavy (non-hydrogen) atoms. The van der Waals surface area contributed by atoms with E-state index in [0.717, 1.165) is 39.4 Å². The fourth-order valence-electron chi connectivity index (χ4n) is 5.45. The lowest BCUT2D eigenvalue weighted by atomic mass is 9.84. The predicted molar refractivity (Wildman–Crippen MR) is 155 cm³/mol. The van der Waals surface area contributed by atoms with Crippen LogP contribution in [0.5, 0.6) is 29.0 Å². The number of ether oxygens (including phenoxy) is 4. The van der Waals surface area contributed by atoms with Crippen molar-refractivity contribution < 1.29 is 18.9 Å². The van der Waals surface area contributed by atoms with Gasteiger partial charge < -0.3 is 18.9 Å². The fourth-order valence-corrected chi connectivity index (χ4v) is 5.45. The zero-order valence-electron chi connectivity index (χ0n) is 23.6. The van der Waals surface area contributed by atoms with Crippen LogP contribution in [0.15, 0.2) is 79.1 Å². The molecule has 0 aliphatic carbocycles. The topological polar surface area (TPSA) is 97.8 Å². The minimum Gasteiger partial charge on any atom is -0.493 e. The van der Waals surface area contributed by atoms with Crippen molar-refractivity contribution in [3.05, 3.63) is 113 Å². The average molecular weight is 561 g/mol. The molecule has 0 amide bonds. The van der Waals surface area contributed by atoms with Gasteiger partial charge in [0.15, 0.2) is 23.0 Å². The Balaban J connectivity index is 1.40. The first-order valence-corrected chi connectivity index (χ1v) is 13.5. The number of fused-ring (bicyclic) bond motifs is 4. The minimum atomic E-state index is -0.327. The number of benzene rings is 3. The monoisotopic (exact) mass is 560 g/mol. The second-order valence-electron chi connectivity index (χ2n) is 10.0. The number of nitrogens with zero attached hydrogens (tertiary/aromatic N) is 6. The van der Waals surface area contributed by atoms with Gasteiger partial charge in [0.1, 0.15) is 18.7 Å². The zero-order valence-corrected chi connectivity index (χ0v) is 23.6. The van der Waals surface area contributed by atoms with Gasteiger partial charge in [-0.2, -0.15) is 5.10 Å². The van der Waals surface area contributed by atoms with Crippen LogP contribution in [0.2, 0.25) is 0 Å². The summed E-state index contributed by atoms with van der Waals surface area (Å²) in [6.07, 6.45) is 1.62. The van der Waals surface area contributed by atoms with Crippen molar-refractivity contribution in [2.45, 2.75) is 26.4 Å². The summed E-state index contributed by atoms with van der Waals surface area (Å²) in [4.78, 5) is 9.60. The molecule has 4 heterocycles. The van der Waals surface area contributed by atoms with Crippen molar-refractivity contribution in [3.8, 4) is 34.7 Å². The molecule has 0 fully saturated rings. The molecule has 1 aliphatic rings. The summed E-state index contributed by atoms with van der Waals surface area (Å²) in [6, 6.07) is 23.7. The van der Waals surface area contributed by atoms with E-state index in [1.165, 1.54) is 0 Å². The van der Waals surface area contributed by atoms with E-state index < -0.39 is 0 Å². The van der Waals surface area contributed by atoms with Gasteiger partial charge in [0.05, 0.1) is 42.6 Å². The summed E-state index contributed by atoms with van der Waals surface area (Å²) in [7, 11) is 3.25. The largest absolute Gasteiger partial charge is 0.493 e. The molecule has 1 aliphatic heterocycles. The smallest absolute Gasteiger partial charge is 0.230 e. The van der Waals surface area contributed by atoms with Crippen molar-refractivity contribution in [2.75, 3.05) is 14.2 Å². The van der Waals surface area contributed by atoms with E-state index in [2.05, 4.69) is 10.1 Å². The Morgan fingerprint density at radius 1 is 0.833 bits per heavy atom. The molecular formula is C32H28N6O4. The molecule has 0 saturated heterocycles. The van der Waals surface area contributed by atoms with Gasteiger partial charge in [0.25, 0.3) is 0 Å². The van der Waals surface area contributed by atoms with Gasteiger partial charge in [0.2, 0.25) is 11.8 Å². The summed E-state index contributed by atoms with van der Waals surface area (Å²) in [5, 5.41) is 9.58. The standard InChI is InChI=1S/C32H28N6O4/c1-19-10-8-9-13-23(19)41-17-26-34-30-29-28(21-14-15-24(39-3)25(16-21)40-4)27-20(2)35-38(22-11-6-5-7-12-22)32(27)42-31(29)33-18-37(30)36-26/h5-16,18,28H,17H2,1-4H3/t28-/m0/s1. The highest BCUT2D eigenvalue weighted by molar-refractivity contribution is 5.67. The molecule has 1 atom stereocenters. The molecule has 7 rings (SSSR count). The Labute approximate surface area is 242 Å². The summed E-state index contributed by atoms with van der Waals surface area (Å²) in [5.74, 6) is 3.28. The van der Waals surface area contributed by atoms with Gasteiger partial charge in [0, 0.05) is 0 Å². The SMILES string of the molecule is COc1ccc([C@H]2c3c(C)nn(-c4ccccc4)c3Oc3ncn4nc(COc5ccccc5C)nc4c32)cc1OC. The van der Waals surface area contributed by atoms with E-state index >= 15 is 0 Å². The van der Waals surface area contributed by atoms with Crippen LogP contribution < -0.4 is 18.9 Å². The number of aromatic nitrogens is 6. The Kier molecular flexibility index (Phi) is 6.23. The average Bonchev–Trinajstić information content (AvgIpc) is 3.60. The highest BCUT2D eigenvalue weighted by atomic mass is 16.5. The normalized spacial score (nSPS) is 13.8. The first kappa shape index (κ1) is 25.6. The van der Waals surface area contributed by atoms with Gasteiger partial charge in [-0.1, -0.05) is 42.5 Å². The highest BCUT2D eigenvalue weighted by Crippen LogP contribution is 2.50. The van der Waals surface area contributed by atoms with E-state index in [1.807, 2.05) is 91.3 Å². The molecule has 0 unspecified atom stereocenters. The Morgan fingerprint density at radius 3 is 2.40 bits per heavy atom. The zero-order chi connectivity index (χ0) is 28.8. The second kappa shape index (κ2) is 10.2. The fraction of sp³-hybridized carbons (Fsp3) is 0.188. The molecule has 0 spiro atoms. The van der Waals surface area contributed by atoms with Gasteiger partial charge in [-0.25, -0.2) is 19.2 Å². The van der Waals surface area contributed by atoms with E-state index in [4.69, 9.17) is 29.0 Å². The third-order valence-corrected chi connectivity index (χ3v) is 7.46. The van der Waals surface area contributed by atoms with Crippen LogP contribution in [-0.4, -0.2) is 43.6 Å². The van der Waals surface area contributed by atoms with Crippen LogP contribution in [0.25, 0.3) is 11.3 Å². The Hall–Kier alpha value is -5.38. The van der Waals surface area contributed by atoms with Crippen molar-refractivity contribution in [3.63, 3.8) is 0 Å². The van der Waals surface area contributed by atoms with Crippen molar-refractivity contribution in [2.24, 2.45) is 0 Å². The molecule has 0 radical (unpaired) electrons. The van der Waals surface area contributed by atoms with Gasteiger partial charge in [-0.15, -0.1) is 5.10 Å². The predicted octanol–water partition coefficient (Wildman–Crippen LogP) is 5.81. The summed E-state index contributed by atoms with van der Waals surface area (Å²) < 4.78 is 27.3. The third kappa shape index (κ3) is 4.19. The number of methoxy groups -OCH3 is 2. The molecule has 0 bridgehead atoms. The molecule has 0 N–H and O–H groups in total. The lowest BCUT2D eigenvalue weighted by Gasteiger charge is -2.26. The summed E-state index contributed by atoms with van der Waals surface area (Å²) in [6.45, 7) is 4.20. The number of hydrogen-bond donors (Lipinski definition) is 0. The van der Waals surface area contributed by atoms with E-state index in [-0.39, 0.29) is 12.5 Å². The quantitative estimate of drug-likeness (QED) is 0.241. The summed E-state index contributed by atoms with van der Waals surface area (Å²) in [5.41, 5.74) is 6.02. The lowest BCUT2D eigenvalue weighted by molar-refractivity contribution is 0.294. The van der Waals surface area contributed by atoms with Crippen LogP contribution in [0.3, 0.4) is 0 Å². The molecule has 10 nitrogen and oxygen atoms in total. The van der Waals surface area contributed by atoms with Crippen LogP contribution >= 0.6 is 0 Å². The maximum Gasteiger partial charge on any atom is 0.230 e. The third-order valence-electron chi connectivity index (χ3n) is 7.46. The molecule has 3 aromatic heterocycles.